The number of nitrogens with zero attached hydrogens (tertiary/aromatic N) is 1. The Hall–Kier alpha value is -1.81. The smallest absolute Gasteiger partial charge is 0.138 e. The first-order valence-corrected chi connectivity index (χ1v) is 6.15. The van der Waals surface area contributed by atoms with E-state index in [9.17, 15) is 0 Å². The standard InChI is InChI=1S/C14H18N2O2/c1-3-6-17-13-7-11(8-16-10-13)14-5-4-12(18-14)9-15-2/h4-5,7-8,10,15H,3,6,9H2,1-2H3. The van der Waals surface area contributed by atoms with Crippen LogP contribution in [0.15, 0.2) is 35.0 Å². The van der Waals surface area contributed by atoms with Crippen molar-refractivity contribution < 1.29 is 9.15 Å². The summed E-state index contributed by atoms with van der Waals surface area (Å²) in [6.45, 7) is 3.50. The number of ether oxygens (including phenoxy) is 1. The maximum atomic E-state index is 5.71. The molecule has 0 saturated carbocycles. The fourth-order valence-electron chi connectivity index (χ4n) is 1.65. The van der Waals surface area contributed by atoms with E-state index in [1.807, 2.05) is 25.2 Å². The minimum absolute atomic E-state index is 0.703. The molecule has 0 atom stereocenters. The Morgan fingerprint density at radius 2 is 2.22 bits per heavy atom. The fraction of sp³-hybridized carbons (Fsp3) is 0.357. The van der Waals surface area contributed by atoms with Gasteiger partial charge in [0, 0.05) is 11.8 Å². The third-order valence-corrected chi connectivity index (χ3v) is 2.48. The Morgan fingerprint density at radius 1 is 1.33 bits per heavy atom. The molecule has 0 bridgehead atoms. The number of furan rings is 1. The summed E-state index contributed by atoms with van der Waals surface area (Å²) in [5.41, 5.74) is 0.936. The van der Waals surface area contributed by atoms with Crippen LogP contribution in [0.2, 0.25) is 0 Å². The van der Waals surface area contributed by atoms with E-state index in [0.29, 0.717) is 6.61 Å². The molecule has 4 heteroatoms. The summed E-state index contributed by atoms with van der Waals surface area (Å²) in [5.74, 6) is 2.50. The third kappa shape index (κ3) is 3.11. The van der Waals surface area contributed by atoms with Crippen molar-refractivity contribution in [3.05, 3.63) is 36.4 Å². The summed E-state index contributed by atoms with van der Waals surface area (Å²) < 4.78 is 11.3. The minimum Gasteiger partial charge on any atom is -0.492 e. The maximum absolute atomic E-state index is 5.71. The van der Waals surface area contributed by atoms with E-state index >= 15 is 0 Å². The summed E-state index contributed by atoms with van der Waals surface area (Å²) in [7, 11) is 1.89. The van der Waals surface area contributed by atoms with E-state index in [4.69, 9.17) is 9.15 Å². The van der Waals surface area contributed by atoms with Crippen LogP contribution < -0.4 is 10.1 Å². The zero-order chi connectivity index (χ0) is 12.8. The van der Waals surface area contributed by atoms with Gasteiger partial charge in [0.25, 0.3) is 0 Å². The van der Waals surface area contributed by atoms with Gasteiger partial charge in [-0.25, -0.2) is 0 Å². The number of aromatic nitrogens is 1. The van der Waals surface area contributed by atoms with Crippen molar-refractivity contribution in [1.29, 1.82) is 0 Å². The largest absolute Gasteiger partial charge is 0.492 e. The normalized spacial score (nSPS) is 10.6. The molecule has 0 aromatic carbocycles. The molecule has 0 aliphatic carbocycles. The lowest BCUT2D eigenvalue weighted by Crippen LogP contribution is -2.03. The Kier molecular flexibility index (Phi) is 4.36. The molecule has 0 amide bonds. The van der Waals surface area contributed by atoms with Crippen molar-refractivity contribution >= 4 is 0 Å². The average Bonchev–Trinajstić information content (AvgIpc) is 2.86. The highest BCUT2D eigenvalue weighted by Crippen LogP contribution is 2.24. The summed E-state index contributed by atoms with van der Waals surface area (Å²) >= 11 is 0. The quantitative estimate of drug-likeness (QED) is 0.851. The summed E-state index contributed by atoms with van der Waals surface area (Å²) in [5, 5.41) is 3.05. The molecule has 0 fully saturated rings. The molecule has 2 aromatic heterocycles. The predicted octanol–water partition coefficient (Wildman–Crippen LogP) is 2.85. The molecule has 2 rings (SSSR count). The first-order chi connectivity index (χ1) is 8.83. The van der Waals surface area contributed by atoms with Crippen LogP contribution in [0.4, 0.5) is 0 Å². The summed E-state index contributed by atoms with van der Waals surface area (Å²) in [6.07, 6.45) is 4.48. The second-order valence-corrected chi connectivity index (χ2v) is 4.05. The molecule has 4 nitrogen and oxygen atoms in total. The average molecular weight is 246 g/mol. The van der Waals surface area contributed by atoms with Crippen molar-refractivity contribution in [2.24, 2.45) is 0 Å². The van der Waals surface area contributed by atoms with Crippen LogP contribution in [-0.2, 0) is 6.54 Å². The van der Waals surface area contributed by atoms with Crippen LogP contribution in [-0.4, -0.2) is 18.6 Å². The van der Waals surface area contributed by atoms with Gasteiger partial charge in [0.05, 0.1) is 19.3 Å². The molecule has 0 saturated heterocycles. The lowest BCUT2D eigenvalue weighted by atomic mass is 10.2. The van der Waals surface area contributed by atoms with Crippen molar-refractivity contribution in [2.45, 2.75) is 19.9 Å². The molecule has 2 heterocycles. The molecule has 96 valence electrons. The van der Waals surface area contributed by atoms with Crippen LogP contribution >= 0.6 is 0 Å². The highest BCUT2D eigenvalue weighted by atomic mass is 16.5. The van der Waals surface area contributed by atoms with E-state index in [1.54, 1.807) is 12.4 Å². The van der Waals surface area contributed by atoms with E-state index < -0.39 is 0 Å². The molecular weight excluding hydrogens is 228 g/mol. The Labute approximate surface area is 107 Å². The Balaban J connectivity index is 2.15. The van der Waals surface area contributed by atoms with Gasteiger partial charge in [-0.15, -0.1) is 0 Å². The maximum Gasteiger partial charge on any atom is 0.138 e. The molecule has 0 unspecified atom stereocenters. The van der Waals surface area contributed by atoms with Gasteiger partial charge in [0.2, 0.25) is 0 Å². The monoisotopic (exact) mass is 246 g/mol. The number of pyridine rings is 1. The van der Waals surface area contributed by atoms with Gasteiger partial charge in [0.15, 0.2) is 0 Å². The van der Waals surface area contributed by atoms with Gasteiger partial charge >= 0.3 is 0 Å². The van der Waals surface area contributed by atoms with Crippen LogP contribution in [0, 0.1) is 0 Å². The first-order valence-electron chi connectivity index (χ1n) is 6.15. The summed E-state index contributed by atoms with van der Waals surface area (Å²) in [6, 6.07) is 5.86. The Bertz CT molecular complexity index is 494. The number of hydrogen-bond donors (Lipinski definition) is 1. The van der Waals surface area contributed by atoms with Gasteiger partial charge in [0.1, 0.15) is 17.3 Å². The van der Waals surface area contributed by atoms with Gasteiger partial charge in [-0.1, -0.05) is 6.92 Å². The number of rotatable bonds is 6. The first kappa shape index (κ1) is 12.6. The Morgan fingerprint density at radius 3 is 3.00 bits per heavy atom. The molecule has 0 aliphatic rings. The topological polar surface area (TPSA) is 47.3 Å². The van der Waals surface area contributed by atoms with Gasteiger partial charge < -0.3 is 14.5 Å². The van der Waals surface area contributed by atoms with Crippen LogP contribution in [0.5, 0.6) is 5.75 Å². The van der Waals surface area contributed by atoms with Crippen LogP contribution in [0.25, 0.3) is 11.3 Å². The van der Waals surface area contributed by atoms with E-state index in [2.05, 4.69) is 17.2 Å². The molecule has 2 aromatic rings. The predicted molar refractivity (Wildman–Crippen MR) is 70.5 cm³/mol. The van der Waals surface area contributed by atoms with Gasteiger partial charge in [-0.05, 0) is 31.7 Å². The lowest BCUT2D eigenvalue weighted by Gasteiger charge is -2.04. The van der Waals surface area contributed by atoms with Gasteiger partial charge in [-0.2, -0.15) is 0 Å². The highest BCUT2D eigenvalue weighted by Gasteiger charge is 2.06. The molecule has 0 spiro atoms. The number of nitrogens with one attached hydrogen (secondary N) is 1. The minimum atomic E-state index is 0.703. The second-order valence-electron chi connectivity index (χ2n) is 4.05. The van der Waals surface area contributed by atoms with Crippen LogP contribution in [0.1, 0.15) is 19.1 Å². The van der Waals surface area contributed by atoms with E-state index in [0.717, 1.165) is 35.8 Å². The SMILES string of the molecule is CCCOc1cncc(-c2ccc(CNC)o2)c1. The lowest BCUT2D eigenvalue weighted by molar-refractivity contribution is 0.316. The molecule has 0 radical (unpaired) electrons. The van der Waals surface area contributed by atoms with Crippen LogP contribution in [0.3, 0.4) is 0 Å². The number of hydrogen-bond acceptors (Lipinski definition) is 4. The molecule has 1 N–H and O–H groups in total. The molecule has 0 aliphatic heterocycles. The van der Waals surface area contributed by atoms with Crippen molar-refractivity contribution in [1.82, 2.24) is 10.3 Å². The summed E-state index contributed by atoms with van der Waals surface area (Å²) in [4.78, 5) is 4.17. The van der Waals surface area contributed by atoms with Crippen molar-refractivity contribution in [3.63, 3.8) is 0 Å². The van der Waals surface area contributed by atoms with Crippen molar-refractivity contribution in [2.75, 3.05) is 13.7 Å². The van der Waals surface area contributed by atoms with Gasteiger partial charge in [-0.3, -0.25) is 4.98 Å². The molecule has 18 heavy (non-hydrogen) atoms. The van der Waals surface area contributed by atoms with E-state index in [1.165, 1.54) is 0 Å². The highest BCUT2D eigenvalue weighted by molar-refractivity contribution is 5.58. The molecular formula is C14H18N2O2. The zero-order valence-corrected chi connectivity index (χ0v) is 10.8. The van der Waals surface area contributed by atoms with E-state index in [-0.39, 0.29) is 0 Å². The third-order valence-electron chi connectivity index (χ3n) is 2.48. The zero-order valence-electron chi connectivity index (χ0n) is 10.8. The second kappa shape index (κ2) is 6.21. The fourth-order valence-corrected chi connectivity index (χ4v) is 1.65. The van der Waals surface area contributed by atoms with Crippen molar-refractivity contribution in [3.8, 4) is 17.1 Å².